The van der Waals surface area contributed by atoms with E-state index in [2.05, 4.69) is 5.10 Å². The quantitative estimate of drug-likeness (QED) is 0.409. The smallest absolute Gasteiger partial charge is 0.274 e. The second kappa shape index (κ2) is 9.79. The molecule has 0 aliphatic carbocycles. The Kier molecular flexibility index (Phi) is 6.66. The minimum Gasteiger partial charge on any atom is -0.491 e. The second-order valence-corrected chi connectivity index (χ2v) is 8.01. The minimum absolute atomic E-state index is 0.00503. The van der Waals surface area contributed by atoms with Crippen LogP contribution in [0.15, 0.2) is 77.6 Å². The Morgan fingerprint density at radius 3 is 2.33 bits per heavy atom. The molecule has 0 saturated carbocycles. The maximum atomic E-state index is 13.0. The number of benzene rings is 3. The first-order chi connectivity index (χ1) is 16.0. The van der Waals surface area contributed by atoms with Gasteiger partial charge in [0.05, 0.1) is 17.6 Å². The highest BCUT2D eigenvalue weighted by Crippen LogP contribution is 2.25. The summed E-state index contributed by atoms with van der Waals surface area (Å²) < 4.78 is 6.96. The predicted molar refractivity (Wildman–Crippen MR) is 129 cm³/mol. The number of hydrogen-bond donors (Lipinski definition) is 1. The van der Waals surface area contributed by atoms with Crippen molar-refractivity contribution in [3.05, 3.63) is 94.3 Å². The number of aromatic nitrogens is 2. The average Bonchev–Trinajstić information content (AvgIpc) is 2.85. The number of fused-ring (bicyclic) bond motifs is 1. The molecule has 0 aliphatic rings. The standard InChI is InChI=1S/C27H26N2O4/c1-3-25(31)19-12-14-22(15-13-19)33-17-21(30)16-29-27(32)24-7-5-4-6-23(24)26(28-29)20-10-8-18(2)9-11-20/h4-15,21,30H,3,16-17H2,1-2H3. The predicted octanol–water partition coefficient (Wildman–Crippen LogP) is 4.40. The van der Waals surface area contributed by atoms with Gasteiger partial charge in [-0.1, -0.05) is 55.0 Å². The SMILES string of the molecule is CCC(=O)c1ccc(OCC(O)Cn2nc(-c3ccc(C)cc3)c3ccccc3c2=O)cc1. The maximum absolute atomic E-state index is 13.0. The Labute approximate surface area is 192 Å². The van der Waals surface area contributed by atoms with Gasteiger partial charge < -0.3 is 9.84 Å². The molecule has 0 spiro atoms. The van der Waals surface area contributed by atoms with Gasteiger partial charge in [0.2, 0.25) is 0 Å². The van der Waals surface area contributed by atoms with Crippen molar-refractivity contribution in [1.82, 2.24) is 9.78 Å². The van der Waals surface area contributed by atoms with Gasteiger partial charge in [0.25, 0.3) is 5.56 Å². The van der Waals surface area contributed by atoms with Crippen LogP contribution in [0.3, 0.4) is 0 Å². The van der Waals surface area contributed by atoms with Crippen molar-refractivity contribution < 1.29 is 14.6 Å². The number of carbonyl (C=O) groups excluding carboxylic acids is 1. The summed E-state index contributed by atoms with van der Waals surface area (Å²) in [6.07, 6.45) is -0.504. The molecule has 0 fully saturated rings. The van der Waals surface area contributed by atoms with Gasteiger partial charge in [-0.3, -0.25) is 9.59 Å². The first-order valence-corrected chi connectivity index (χ1v) is 11.0. The molecule has 4 aromatic rings. The van der Waals surface area contributed by atoms with Crippen molar-refractivity contribution in [2.24, 2.45) is 0 Å². The summed E-state index contributed by atoms with van der Waals surface area (Å²) in [6.45, 7) is 3.81. The van der Waals surface area contributed by atoms with Crippen LogP contribution in [-0.4, -0.2) is 33.4 Å². The number of rotatable bonds is 8. The lowest BCUT2D eigenvalue weighted by atomic mass is 10.0. The Morgan fingerprint density at radius 2 is 1.67 bits per heavy atom. The summed E-state index contributed by atoms with van der Waals surface area (Å²) in [5, 5.41) is 16.5. The Bertz CT molecular complexity index is 1330. The van der Waals surface area contributed by atoms with Gasteiger partial charge in [0.15, 0.2) is 5.78 Å². The number of aliphatic hydroxyl groups excluding tert-OH is 1. The molecule has 0 amide bonds. The molecule has 1 unspecified atom stereocenters. The van der Waals surface area contributed by atoms with Crippen LogP contribution in [-0.2, 0) is 6.54 Å². The molecule has 3 aromatic carbocycles. The zero-order chi connectivity index (χ0) is 23.4. The normalized spacial score (nSPS) is 12.0. The summed E-state index contributed by atoms with van der Waals surface area (Å²) in [7, 11) is 0. The molecular weight excluding hydrogens is 416 g/mol. The number of Topliss-reactive ketones (excluding diaryl/α,β-unsaturated/α-hetero) is 1. The second-order valence-electron chi connectivity index (χ2n) is 8.01. The summed E-state index contributed by atoms with van der Waals surface area (Å²) >= 11 is 0. The average molecular weight is 443 g/mol. The first kappa shape index (κ1) is 22.4. The molecule has 4 rings (SSSR count). The van der Waals surface area contributed by atoms with Gasteiger partial charge in [-0.15, -0.1) is 0 Å². The van der Waals surface area contributed by atoms with Crippen molar-refractivity contribution in [3.63, 3.8) is 0 Å². The molecule has 0 saturated heterocycles. The molecule has 0 aliphatic heterocycles. The fourth-order valence-corrected chi connectivity index (χ4v) is 3.67. The van der Waals surface area contributed by atoms with E-state index in [1.165, 1.54) is 4.68 Å². The van der Waals surface area contributed by atoms with E-state index in [4.69, 9.17) is 4.74 Å². The van der Waals surface area contributed by atoms with Crippen molar-refractivity contribution in [2.75, 3.05) is 6.61 Å². The Morgan fingerprint density at radius 1 is 1.00 bits per heavy atom. The molecular formula is C27H26N2O4. The lowest BCUT2D eigenvalue weighted by Gasteiger charge is -2.16. The Balaban J connectivity index is 1.55. The maximum Gasteiger partial charge on any atom is 0.274 e. The van der Waals surface area contributed by atoms with Crippen LogP contribution < -0.4 is 10.3 Å². The number of carbonyl (C=O) groups is 1. The largest absolute Gasteiger partial charge is 0.491 e. The lowest BCUT2D eigenvalue weighted by Crippen LogP contribution is -2.32. The third-order valence-corrected chi connectivity index (χ3v) is 5.52. The van der Waals surface area contributed by atoms with E-state index in [-0.39, 0.29) is 24.5 Å². The van der Waals surface area contributed by atoms with Crippen LogP contribution in [0.2, 0.25) is 0 Å². The van der Waals surface area contributed by atoms with Gasteiger partial charge in [0, 0.05) is 22.9 Å². The summed E-state index contributed by atoms with van der Waals surface area (Å²) in [4.78, 5) is 24.8. The molecule has 33 heavy (non-hydrogen) atoms. The van der Waals surface area contributed by atoms with Crippen LogP contribution in [0, 0.1) is 6.92 Å². The van der Waals surface area contributed by atoms with Crippen LogP contribution >= 0.6 is 0 Å². The van der Waals surface area contributed by atoms with E-state index in [1.807, 2.05) is 56.3 Å². The molecule has 6 nitrogen and oxygen atoms in total. The fraction of sp³-hybridized carbons (Fsp3) is 0.222. The molecule has 1 aromatic heterocycles. The molecule has 1 atom stereocenters. The van der Waals surface area contributed by atoms with Gasteiger partial charge in [-0.2, -0.15) is 5.10 Å². The van der Waals surface area contributed by atoms with Crippen molar-refractivity contribution >= 4 is 16.6 Å². The summed E-state index contributed by atoms with van der Waals surface area (Å²) in [5.41, 5.74) is 3.09. The van der Waals surface area contributed by atoms with Crippen molar-refractivity contribution in [3.8, 4) is 17.0 Å². The van der Waals surface area contributed by atoms with Crippen LogP contribution in [0.25, 0.3) is 22.0 Å². The minimum atomic E-state index is -0.945. The fourth-order valence-electron chi connectivity index (χ4n) is 3.67. The number of nitrogens with zero attached hydrogens (tertiary/aromatic N) is 2. The van der Waals surface area contributed by atoms with Crippen LogP contribution in [0.5, 0.6) is 5.75 Å². The molecule has 0 bridgehead atoms. The van der Waals surface area contributed by atoms with Crippen LogP contribution in [0.4, 0.5) is 0 Å². The van der Waals surface area contributed by atoms with E-state index >= 15 is 0 Å². The van der Waals surface area contributed by atoms with Crippen molar-refractivity contribution in [1.29, 1.82) is 0 Å². The molecule has 0 radical (unpaired) electrons. The van der Waals surface area contributed by atoms with E-state index < -0.39 is 6.10 Å². The zero-order valence-corrected chi connectivity index (χ0v) is 18.7. The van der Waals surface area contributed by atoms with E-state index in [0.29, 0.717) is 28.8 Å². The third kappa shape index (κ3) is 5.02. The number of aliphatic hydroxyl groups is 1. The monoisotopic (exact) mass is 442 g/mol. The number of ether oxygens (including phenoxy) is 1. The highest BCUT2D eigenvalue weighted by Gasteiger charge is 2.15. The lowest BCUT2D eigenvalue weighted by molar-refractivity contribution is 0.0881. The Hall–Kier alpha value is -3.77. The van der Waals surface area contributed by atoms with Gasteiger partial charge in [-0.05, 0) is 37.3 Å². The third-order valence-electron chi connectivity index (χ3n) is 5.52. The molecule has 6 heteroatoms. The van der Waals surface area contributed by atoms with Gasteiger partial charge >= 0.3 is 0 Å². The number of ketones is 1. The highest BCUT2D eigenvalue weighted by molar-refractivity contribution is 5.96. The summed E-state index contributed by atoms with van der Waals surface area (Å²) in [5.74, 6) is 0.605. The van der Waals surface area contributed by atoms with E-state index in [9.17, 15) is 14.7 Å². The van der Waals surface area contributed by atoms with E-state index in [0.717, 1.165) is 16.5 Å². The van der Waals surface area contributed by atoms with E-state index in [1.54, 1.807) is 30.3 Å². The first-order valence-electron chi connectivity index (χ1n) is 11.0. The molecule has 168 valence electrons. The zero-order valence-electron chi connectivity index (χ0n) is 18.7. The molecule has 1 N–H and O–H groups in total. The number of aryl methyl sites for hydroxylation is 1. The van der Waals surface area contributed by atoms with Gasteiger partial charge in [0.1, 0.15) is 18.5 Å². The number of hydrogen-bond acceptors (Lipinski definition) is 5. The highest BCUT2D eigenvalue weighted by atomic mass is 16.5. The summed E-state index contributed by atoms with van der Waals surface area (Å²) in [6, 6.07) is 22.1. The topological polar surface area (TPSA) is 81.4 Å². The molecule has 1 heterocycles. The van der Waals surface area contributed by atoms with Gasteiger partial charge in [-0.25, -0.2) is 4.68 Å². The van der Waals surface area contributed by atoms with Crippen LogP contribution in [0.1, 0.15) is 29.3 Å². The van der Waals surface area contributed by atoms with Crippen molar-refractivity contribution in [2.45, 2.75) is 32.9 Å².